The number of ether oxygens (including phenoxy) is 1. The van der Waals surface area contributed by atoms with Crippen LogP contribution in [-0.4, -0.2) is 51.3 Å². The number of hydrogen-bond donors (Lipinski definition) is 3. The van der Waals surface area contributed by atoms with Crippen LogP contribution in [0.1, 0.15) is 40.7 Å². The molecule has 10 nitrogen and oxygen atoms in total. The van der Waals surface area contributed by atoms with E-state index in [1.165, 1.54) is 6.20 Å². The minimum absolute atomic E-state index is 0.0829. The smallest absolute Gasteiger partial charge is 0.255 e. The number of carbonyl (C=O) groups is 1. The molecule has 2 aromatic heterocycles. The summed E-state index contributed by atoms with van der Waals surface area (Å²) in [7, 11) is 1.65. The number of carbonyl (C=O) groups excluding carboxylic acids is 1. The molecular weight excluding hydrogens is 432 g/mol. The molecule has 0 radical (unpaired) electrons. The van der Waals surface area contributed by atoms with Crippen LogP contribution in [0.5, 0.6) is 0 Å². The van der Waals surface area contributed by atoms with Crippen LogP contribution in [0, 0.1) is 0 Å². The number of allylic oxidation sites excluding steroid dienone is 1. The number of nitrogens with zero attached hydrogens (tertiary/aromatic N) is 5. The van der Waals surface area contributed by atoms with Crippen molar-refractivity contribution in [2.45, 2.75) is 38.0 Å². The average Bonchev–Trinajstić information content (AvgIpc) is 3.54. The summed E-state index contributed by atoms with van der Waals surface area (Å²) in [5.41, 5.74) is 15.2. The Labute approximate surface area is 197 Å². The lowest BCUT2D eigenvalue weighted by Crippen LogP contribution is -2.41. The van der Waals surface area contributed by atoms with Gasteiger partial charge in [0.25, 0.3) is 5.91 Å². The molecule has 34 heavy (non-hydrogen) atoms. The predicted octanol–water partition coefficient (Wildman–Crippen LogP) is 2.11. The van der Waals surface area contributed by atoms with Gasteiger partial charge in [0, 0.05) is 36.8 Å². The maximum absolute atomic E-state index is 13.0. The van der Waals surface area contributed by atoms with Crippen LogP contribution in [0.2, 0.25) is 0 Å². The molecule has 2 heterocycles. The van der Waals surface area contributed by atoms with Crippen molar-refractivity contribution in [3.8, 4) is 5.69 Å². The molecule has 1 amide bonds. The van der Waals surface area contributed by atoms with Crippen molar-refractivity contribution in [3.05, 3.63) is 71.8 Å². The number of rotatable bonds is 8. The number of nitrogens with two attached hydrogens (primary N) is 2. The fraction of sp³-hybridized carbons (Fsp3) is 0.292. The first-order chi connectivity index (χ1) is 16.6. The zero-order valence-corrected chi connectivity index (χ0v) is 19.0. The van der Waals surface area contributed by atoms with Gasteiger partial charge in [0.05, 0.1) is 42.4 Å². The number of benzene rings is 1. The third-order valence-electron chi connectivity index (χ3n) is 5.76. The molecule has 10 heteroatoms. The minimum Gasteiger partial charge on any atom is -0.404 e. The van der Waals surface area contributed by atoms with E-state index in [4.69, 9.17) is 16.2 Å². The van der Waals surface area contributed by atoms with Gasteiger partial charge < -0.3 is 21.5 Å². The summed E-state index contributed by atoms with van der Waals surface area (Å²) in [5, 5.41) is 11.3. The zero-order valence-electron chi connectivity index (χ0n) is 19.0. The van der Waals surface area contributed by atoms with Gasteiger partial charge in [-0.2, -0.15) is 15.0 Å². The van der Waals surface area contributed by atoms with Crippen molar-refractivity contribution in [1.29, 1.82) is 0 Å². The molecule has 1 aliphatic rings. The van der Waals surface area contributed by atoms with E-state index in [2.05, 4.69) is 25.5 Å². The van der Waals surface area contributed by atoms with E-state index in [1.807, 2.05) is 24.3 Å². The highest BCUT2D eigenvalue weighted by atomic mass is 16.5. The Bertz CT molecular complexity index is 1170. The molecule has 0 bridgehead atoms. The maximum atomic E-state index is 13.0. The van der Waals surface area contributed by atoms with E-state index in [0.717, 1.165) is 30.5 Å². The second kappa shape index (κ2) is 10.7. The van der Waals surface area contributed by atoms with Crippen LogP contribution < -0.4 is 16.8 Å². The number of anilines is 1. The van der Waals surface area contributed by atoms with Gasteiger partial charge in [-0.15, -0.1) is 0 Å². The highest BCUT2D eigenvalue weighted by Crippen LogP contribution is 2.25. The molecule has 1 fully saturated rings. The number of aromatic nitrogens is 4. The number of aliphatic imine (C=N–C) groups is 1. The maximum Gasteiger partial charge on any atom is 0.255 e. The van der Waals surface area contributed by atoms with Crippen LogP contribution in [0.3, 0.4) is 0 Å². The normalized spacial score (nSPS) is 18.4. The van der Waals surface area contributed by atoms with Gasteiger partial charge in [0.15, 0.2) is 0 Å². The van der Waals surface area contributed by atoms with Crippen molar-refractivity contribution in [2.24, 2.45) is 10.7 Å². The van der Waals surface area contributed by atoms with Crippen LogP contribution in [0.25, 0.3) is 11.3 Å². The summed E-state index contributed by atoms with van der Waals surface area (Å²) in [5.74, 6) is -0.124. The Morgan fingerprint density at radius 3 is 2.74 bits per heavy atom. The summed E-state index contributed by atoms with van der Waals surface area (Å²) in [6.07, 6.45) is 10.5. The van der Waals surface area contributed by atoms with Gasteiger partial charge in [-0.05, 0) is 43.0 Å². The summed E-state index contributed by atoms with van der Waals surface area (Å²) in [6, 6.07) is 9.44. The molecule has 0 spiro atoms. The van der Waals surface area contributed by atoms with Crippen LogP contribution in [0.15, 0.2) is 60.1 Å². The van der Waals surface area contributed by atoms with Gasteiger partial charge in [0.1, 0.15) is 5.82 Å². The van der Waals surface area contributed by atoms with Crippen molar-refractivity contribution in [1.82, 2.24) is 25.3 Å². The van der Waals surface area contributed by atoms with E-state index in [0.29, 0.717) is 23.3 Å². The molecule has 1 saturated carbocycles. The van der Waals surface area contributed by atoms with Gasteiger partial charge in [-0.3, -0.25) is 9.79 Å². The lowest BCUT2D eigenvalue weighted by atomic mass is 10.1. The topological polar surface area (TPSA) is 146 Å². The quantitative estimate of drug-likeness (QED) is 0.436. The standard InChI is InChI=1S/C24H28N8O2/c1-27-13-18(12-25)17-11-20(23(26)28-14-17)24(33)31-21-3-2-4-22(21)34-15-16-5-7-19(8-6-16)32-29-9-10-30-32/h5-14,21-22H,2-4,15,25H2,1H3,(H2,26,28)(H,31,33)/b18-12+,27-13?/t21-,22-/m0/s1. The second-order valence-electron chi connectivity index (χ2n) is 8.01. The first-order valence-corrected chi connectivity index (χ1v) is 11.1. The molecule has 0 saturated heterocycles. The van der Waals surface area contributed by atoms with Gasteiger partial charge in [0.2, 0.25) is 0 Å². The van der Waals surface area contributed by atoms with Gasteiger partial charge >= 0.3 is 0 Å². The Morgan fingerprint density at radius 1 is 1.26 bits per heavy atom. The fourth-order valence-corrected chi connectivity index (χ4v) is 3.98. The van der Waals surface area contributed by atoms with E-state index in [-0.39, 0.29) is 23.9 Å². The molecule has 1 aromatic carbocycles. The number of pyridine rings is 1. The lowest BCUT2D eigenvalue weighted by Gasteiger charge is -2.22. The van der Waals surface area contributed by atoms with Crippen molar-refractivity contribution in [3.63, 3.8) is 0 Å². The summed E-state index contributed by atoms with van der Waals surface area (Å²) in [6.45, 7) is 0.448. The first kappa shape index (κ1) is 23.1. The fourth-order valence-electron chi connectivity index (χ4n) is 3.98. The number of amides is 1. The molecule has 0 aliphatic heterocycles. The summed E-state index contributed by atoms with van der Waals surface area (Å²) >= 11 is 0. The van der Waals surface area contributed by atoms with Gasteiger partial charge in [-0.1, -0.05) is 12.1 Å². The van der Waals surface area contributed by atoms with Crippen LogP contribution in [0.4, 0.5) is 5.82 Å². The van der Waals surface area contributed by atoms with E-state index in [1.54, 1.807) is 42.7 Å². The SMILES string of the molecule is CN=C/C(=C\N)c1cnc(N)c(C(=O)N[C@H]2CCC[C@@H]2OCc2ccc(-n3nccn3)cc2)c1. The molecule has 2 atom stereocenters. The Hall–Kier alpha value is -4.05. The molecule has 0 unspecified atom stereocenters. The number of nitrogen functional groups attached to an aromatic ring is 1. The molecular formula is C24H28N8O2. The van der Waals surface area contributed by atoms with Gasteiger partial charge in [-0.25, -0.2) is 4.98 Å². The Balaban J connectivity index is 1.38. The molecule has 5 N–H and O–H groups in total. The van der Waals surface area contributed by atoms with E-state index >= 15 is 0 Å². The van der Waals surface area contributed by atoms with Crippen LogP contribution in [-0.2, 0) is 11.3 Å². The Kier molecular flexibility index (Phi) is 7.28. The third kappa shape index (κ3) is 5.29. The highest BCUT2D eigenvalue weighted by Gasteiger charge is 2.30. The zero-order chi connectivity index (χ0) is 23.9. The molecule has 176 valence electrons. The van der Waals surface area contributed by atoms with E-state index in [9.17, 15) is 4.79 Å². The lowest BCUT2D eigenvalue weighted by molar-refractivity contribution is 0.0272. The number of nitrogens with one attached hydrogen (secondary N) is 1. The molecule has 3 aromatic rings. The van der Waals surface area contributed by atoms with Crippen molar-refractivity contribution >= 4 is 23.5 Å². The predicted molar refractivity (Wildman–Crippen MR) is 130 cm³/mol. The van der Waals surface area contributed by atoms with Crippen LogP contribution >= 0.6 is 0 Å². The molecule has 1 aliphatic carbocycles. The molecule has 4 rings (SSSR count). The summed E-state index contributed by atoms with van der Waals surface area (Å²) < 4.78 is 6.17. The first-order valence-electron chi connectivity index (χ1n) is 11.1. The van der Waals surface area contributed by atoms with E-state index < -0.39 is 0 Å². The second-order valence-corrected chi connectivity index (χ2v) is 8.01. The van der Waals surface area contributed by atoms with Crippen molar-refractivity contribution < 1.29 is 9.53 Å². The number of hydrogen-bond acceptors (Lipinski definition) is 8. The summed E-state index contributed by atoms with van der Waals surface area (Å²) in [4.78, 5) is 22.7. The monoisotopic (exact) mass is 460 g/mol. The highest BCUT2D eigenvalue weighted by molar-refractivity contribution is 6.10. The average molecular weight is 461 g/mol. The minimum atomic E-state index is -0.284. The third-order valence-corrected chi connectivity index (χ3v) is 5.76. The van der Waals surface area contributed by atoms with Crippen molar-refractivity contribution in [2.75, 3.05) is 12.8 Å². The Morgan fingerprint density at radius 2 is 2.03 bits per heavy atom. The largest absolute Gasteiger partial charge is 0.404 e.